The Morgan fingerprint density at radius 1 is 1.21 bits per heavy atom. The highest BCUT2D eigenvalue weighted by Gasteiger charge is 2.35. The number of anilines is 1. The van der Waals surface area contributed by atoms with E-state index in [-0.39, 0.29) is 27.5 Å². The van der Waals surface area contributed by atoms with E-state index in [9.17, 15) is 18.0 Å². The minimum Gasteiger partial charge on any atom is -0.324 e. The van der Waals surface area contributed by atoms with Crippen LogP contribution in [0.4, 0.5) is 18.9 Å². The Hall–Kier alpha value is -2.83. The number of aromatic nitrogens is 2. The minimum absolute atomic E-state index is 0.0414. The third-order valence-corrected chi connectivity index (χ3v) is 4.76. The van der Waals surface area contributed by atoms with Crippen LogP contribution in [0.5, 0.6) is 0 Å². The van der Waals surface area contributed by atoms with E-state index in [4.69, 9.17) is 16.9 Å². The predicted octanol–water partition coefficient (Wildman–Crippen LogP) is 4.90. The van der Waals surface area contributed by atoms with Gasteiger partial charge in [0.15, 0.2) is 0 Å². The summed E-state index contributed by atoms with van der Waals surface area (Å²) >= 11 is 6.71. The molecule has 142 valence electrons. The summed E-state index contributed by atoms with van der Waals surface area (Å²) in [7, 11) is 0. The Kier molecular flexibility index (Phi) is 5.72. The van der Waals surface area contributed by atoms with Crippen molar-refractivity contribution in [2.24, 2.45) is 0 Å². The highest BCUT2D eigenvalue weighted by Crippen LogP contribution is 2.32. The number of nitrogens with one attached hydrogen (secondary N) is 1. The standard InChI is InChI=1S/C18H10ClF3N4OS/c19-11-6-5-10(8-23)14(7-11)24-15(27)9-28-16-12-3-1-2-4-13(12)25-17(26-16)18(20,21)22/h1-7H,9H2,(H,24,27). The van der Waals surface area contributed by atoms with E-state index >= 15 is 0 Å². The van der Waals surface area contributed by atoms with Crippen molar-refractivity contribution in [1.82, 2.24) is 9.97 Å². The van der Waals surface area contributed by atoms with Crippen molar-refractivity contribution >= 4 is 45.9 Å². The molecule has 0 aliphatic rings. The number of benzene rings is 2. The molecule has 0 aliphatic carbocycles. The lowest BCUT2D eigenvalue weighted by Crippen LogP contribution is -2.16. The van der Waals surface area contributed by atoms with Crippen LogP contribution in [0.2, 0.25) is 5.02 Å². The van der Waals surface area contributed by atoms with Gasteiger partial charge >= 0.3 is 6.18 Å². The zero-order valence-electron chi connectivity index (χ0n) is 13.9. The molecule has 0 unspecified atom stereocenters. The summed E-state index contributed by atoms with van der Waals surface area (Å²) in [6.07, 6.45) is -4.70. The van der Waals surface area contributed by atoms with Gasteiger partial charge in [-0.15, -0.1) is 0 Å². The number of amides is 1. The van der Waals surface area contributed by atoms with Gasteiger partial charge in [0.2, 0.25) is 11.7 Å². The fraction of sp³-hybridized carbons (Fsp3) is 0.111. The summed E-state index contributed by atoms with van der Waals surface area (Å²) in [5.74, 6) is -1.99. The molecule has 0 radical (unpaired) electrons. The van der Waals surface area contributed by atoms with Crippen molar-refractivity contribution in [2.45, 2.75) is 11.2 Å². The molecule has 0 spiro atoms. The van der Waals surface area contributed by atoms with Crippen molar-refractivity contribution < 1.29 is 18.0 Å². The van der Waals surface area contributed by atoms with E-state index in [0.717, 1.165) is 11.8 Å². The van der Waals surface area contributed by atoms with E-state index < -0.39 is 17.9 Å². The van der Waals surface area contributed by atoms with Crippen molar-refractivity contribution in [3.63, 3.8) is 0 Å². The number of hydrogen-bond donors (Lipinski definition) is 1. The summed E-state index contributed by atoms with van der Waals surface area (Å²) in [6.45, 7) is 0. The van der Waals surface area contributed by atoms with E-state index in [0.29, 0.717) is 10.4 Å². The summed E-state index contributed by atoms with van der Waals surface area (Å²) in [5, 5.41) is 12.4. The summed E-state index contributed by atoms with van der Waals surface area (Å²) in [5.41, 5.74) is 0.577. The normalized spacial score (nSPS) is 11.2. The maximum Gasteiger partial charge on any atom is 0.451 e. The van der Waals surface area contributed by atoms with Crippen LogP contribution in [-0.4, -0.2) is 21.6 Å². The fourth-order valence-electron chi connectivity index (χ4n) is 2.32. The first-order valence-electron chi connectivity index (χ1n) is 7.74. The maximum atomic E-state index is 13.0. The number of rotatable bonds is 4. The molecule has 0 saturated heterocycles. The number of thioether (sulfide) groups is 1. The number of alkyl halides is 3. The van der Waals surface area contributed by atoms with Crippen LogP contribution in [0.15, 0.2) is 47.5 Å². The average molecular weight is 423 g/mol. The average Bonchev–Trinajstić information content (AvgIpc) is 2.65. The molecule has 10 heteroatoms. The number of carbonyl (C=O) groups excluding carboxylic acids is 1. The number of para-hydroxylation sites is 1. The lowest BCUT2D eigenvalue weighted by Gasteiger charge is -2.11. The Bertz CT molecular complexity index is 1100. The molecule has 1 N–H and O–H groups in total. The molecule has 5 nitrogen and oxygen atoms in total. The number of fused-ring (bicyclic) bond motifs is 1. The monoisotopic (exact) mass is 422 g/mol. The highest BCUT2D eigenvalue weighted by atomic mass is 35.5. The second-order valence-corrected chi connectivity index (χ2v) is 6.91. The first-order chi connectivity index (χ1) is 13.3. The summed E-state index contributed by atoms with van der Waals surface area (Å²) in [6, 6.07) is 12.6. The summed E-state index contributed by atoms with van der Waals surface area (Å²) < 4.78 is 39.1. The zero-order chi connectivity index (χ0) is 20.3. The van der Waals surface area contributed by atoms with Gasteiger partial charge in [0.1, 0.15) is 11.1 Å². The Balaban J connectivity index is 1.83. The maximum absolute atomic E-state index is 13.0. The van der Waals surface area contributed by atoms with Gasteiger partial charge in [0, 0.05) is 10.4 Å². The van der Waals surface area contributed by atoms with Gasteiger partial charge in [-0.3, -0.25) is 4.79 Å². The molecule has 0 fully saturated rings. The van der Waals surface area contributed by atoms with Crippen molar-refractivity contribution in [1.29, 1.82) is 5.26 Å². The minimum atomic E-state index is -4.70. The van der Waals surface area contributed by atoms with Crippen LogP contribution in [0.25, 0.3) is 10.9 Å². The van der Waals surface area contributed by atoms with Crippen LogP contribution in [0.1, 0.15) is 11.4 Å². The topological polar surface area (TPSA) is 78.7 Å². The Morgan fingerprint density at radius 2 is 1.96 bits per heavy atom. The molecule has 28 heavy (non-hydrogen) atoms. The third kappa shape index (κ3) is 4.52. The lowest BCUT2D eigenvalue weighted by molar-refractivity contribution is -0.145. The number of halogens is 4. The zero-order valence-corrected chi connectivity index (χ0v) is 15.5. The second-order valence-electron chi connectivity index (χ2n) is 5.51. The van der Waals surface area contributed by atoms with E-state index in [1.807, 2.05) is 6.07 Å². The van der Waals surface area contributed by atoms with Crippen LogP contribution in [-0.2, 0) is 11.0 Å². The first kappa shape index (κ1) is 19.9. The number of nitriles is 1. The molecule has 3 aromatic rings. The van der Waals surface area contributed by atoms with Gasteiger partial charge in [-0.25, -0.2) is 9.97 Å². The van der Waals surface area contributed by atoms with Gasteiger partial charge in [-0.2, -0.15) is 18.4 Å². The number of hydrogen-bond acceptors (Lipinski definition) is 5. The molecule has 0 aliphatic heterocycles. The van der Waals surface area contributed by atoms with Crippen molar-refractivity contribution in [2.75, 3.05) is 11.1 Å². The van der Waals surface area contributed by atoms with Gasteiger partial charge in [0.25, 0.3) is 0 Å². The van der Waals surface area contributed by atoms with Crippen LogP contribution < -0.4 is 5.32 Å². The van der Waals surface area contributed by atoms with Gasteiger partial charge in [0.05, 0.1) is 22.5 Å². The molecule has 0 bridgehead atoms. The second kappa shape index (κ2) is 8.04. The first-order valence-corrected chi connectivity index (χ1v) is 9.10. The van der Waals surface area contributed by atoms with E-state index in [1.165, 1.54) is 24.3 Å². The summed E-state index contributed by atoms with van der Waals surface area (Å²) in [4.78, 5) is 19.3. The molecular formula is C18H10ClF3N4OS. The van der Waals surface area contributed by atoms with Crippen LogP contribution >= 0.6 is 23.4 Å². The molecule has 0 atom stereocenters. The van der Waals surface area contributed by atoms with E-state index in [2.05, 4.69) is 15.3 Å². The number of carbonyl (C=O) groups is 1. The molecule has 1 heterocycles. The predicted molar refractivity (Wildman–Crippen MR) is 100 cm³/mol. The molecular weight excluding hydrogens is 413 g/mol. The molecule has 2 aromatic carbocycles. The largest absolute Gasteiger partial charge is 0.451 e. The Morgan fingerprint density at radius 3 is 2.68 bits per heavy atom. The number of nitrogens with zero attached hydrogens (tertiary/aromatic N) is 3. The van der Waals surface area contributed by atoms with Crippen LogP contribution in [0.3, 0.4) is 0 Å². The van der Waals surface area contributed by atoms with Crippen molar-refractivity contribution in [3.8, 4) is 6.07 Å². The highest BCUT2D eigenvalue weighted by molar-refractivity contribution is 8.00. The molecule has 1 aromatic heterocycles. The molecule has 0 saturated carbocycles. The lowest BCUT2D eigenvalue weighted by atomic mass is 10.2. The van der Waals surface area contributed by atoms with Gasteiger partial charge in [-0.05, 0) is 24.3 Å². The smallest absolute Gasteiger partial charge is 0.324 e. The van der Waals surface area contributed by atoms with Crippen molar-refractivity contribution in [3.05, 3.63) is 58.9 Å². The Labute approximate surface area is 166 Å². The van der Waals surface area contributed by atoms with Gasteiger partial charge < -0.3 is 5.32 Å². The fourth-order valence-corrected chi connectivity index (χ4v) is 3.31. The SMILES string of the molecule is N#Cc1ccc(Cl)cc1NC(=O)CSc1nc(C(F)(F)F)nc2ccccc12. The molecule has 3 rings (SSSR count). The van der Waals surface area contributed by atoms with Crippen LogP contribution in [0, 0.1) is 11.3 Å². The third-order valence-electron chi connectivity index (χ3n) is 3.54. The molecule has 1 amide bonds. The van der Waals surface area contributed by atoms with E-state index in [1.54, 1.807) is 18.2 Å². The van der Waals surface area contributed by atoms with Gasteiger partial charge in [-0.1, -0.05) is 41.6 Å². The quantitative estimate of drug-likeness (QED) is 0.477.